The summed E-state index contributed by atoms with van der Waals surface area (Å²) >= 11 is 0. The number of carbonyl (C=O) groups is 2. The van der Waals surface area contributed by atoms with Crippen molar-refractivity contribution in [2.45, 2.75) is 12.6 Å². The Bertz CT molecular complexity index is 994. The quantitative estimate of drug-likeness (QED) is 0.666. The molecule has 0 saturated heterocycles. The molecule has 1 atom stereocenters. The van der Waals surface area contributed by atoms with Crippen molar-refractivity contribution in [2.24, 2.45) is 5.73 Å². The zero-order valence-corrected chi connectivity index (χ0v) is 15.9. The number of ether oxygens (including phenoxy) is 1. The number of hydrogen-bond acceptors (Lipinski definition) is 3. The van der Waals surface area contributed by atoms with E-state index in [4.69, 9.17) is 10.5 Å². The number of hydrogen-bond donors (Lipinski definition) is 1. The van der Waals surface area contributed by atoms with Crippen LogP contribution in [0.4, 0.5) is 4.39 Å². The lowest BCUT2D eigenvalue weighted by Gasteiger charge is -2.30. The average Bonchev–Trinajstić information content (AvgIpc) is 2.75. The fourth-order valence-corrected chi connectivity index (χ4v) is 3.18. The molecular weight excluding hydrogens is 371 g/mol. The van der Waals surface area contributed by atoms with Gasteiger partial charge in [0.1, 0.15) is 6.04 Å². The molecule has 148 valence electrons. The topological polar surface area (TPSA) is 72.6 Å². The van der Waals surface area contributed by atoms with Gasteiger partial charge >= 0.3 is 0 Å². The first-order valence-corrected chi connectivity index (χ1v) is 9.04. The third kappa shape index (κ3) is 4.43. The number of halogens is 1. The van der Waals surface area contributed by atoms with Crippen LogP contribution in [0.3, 0.4) is 0 Å². The number of benzene rings is 3. The van der Waals surface area contributed by atoms with Gasteiger partial charge in [0.15, 0.2) is 11.6 Å². The van der Waals surface area contributed by atoms with Crippen molar-refractivity contribution >= 4 is 11.8 Å². The maximum absolute atomic E-state index is 14.8. The molecule has 0 fully saturated rings. The maximum atomic E-state index is 14.8. The fraction of sp³-hybridized carbons (Fsp3) is 0.130. The van der Waals surface area contributed by atoms with E-state index in [0.717, 1.165) is 0 Å². The van der Waals surface area contributed by atoms with E-state index in [1.165, 1.54) is 18.1 Å². The zero-order chi connectivity index (χ0) is 20.8. The lowest BCUT2D eigenvalue weighted by molar-refractivity contribution is -0.122. The molecule has 0 aliphatic rings. The summed E-state index contributed by atoms with van der Waals surface area (Å²) in [6.45, 7) is -0.154. The molecule has 6 heteroatoms. The molecule has 3 aromatic carbocycles. The Hall–Kier alpha value is -3.67. The fourth-order valence-electron chi connectivity index (χ4n) is 3.18. The van der Waals surface area contributed by atoms with Crippen LogP contribution < -0.4 is 10.5 Å². The number of carbonyl (C=O) groups excluding carboxylic acids is 2. The molecule has 29 heavy (non-hydrogen) atoms. The van der Waals surface area contributed by atoms with E-state index in [1.807, 2.05) is 0 Å². The molecule has 0 spiro atoms. The number of rotatable bonds is 7. The Morgan fingerprint density at radius 2 is 1.59 bits per heavy atom. The van der Waals surface area contributed by atoms with Gasteiger partial charge in [0.2, 0.25) is 5.91 Å². The highest BCUT2D eigenvalue weighted by Gasteiger charge is 2.31. The predicted octanol–water partition coefficient (Wildman–Crippen LogP) is 3.70. The summed E-state index contributed by atoms with van der Waals surface area (Å²) in [4.78, 5) is 27.0. The number of primary amides is 1. The van der Waals surface area contributed by atoms with E-state index in [-0.39, 0.29) is 17.9 Å². The molecule has 5 nitrogen and oxygen atoms in total. The minimum Gasteiger partial charge on any atom is -0.494 e. The van der Waals surface area contributed by atoms with E-state index < -0.39 is 23.7 Å². The molecule has 3 rings (SSSR count). The summed E-state index contributed by atoms with van der Waals surface area (Å²) in [7, 11) is 1.37. The van der Waals surface area contributed by atoms with Crippen molar-refractivity contribution in [1.29, 1.82) is 0 Å². The number of methoxy groups -OCH3 is 1. The highest BCUT2D eigenvalue weighted by atomic mass is 19.1. The highest BCUT2D eigenvalue weighted by molar-refractivity contribution is 5.97. The van der Waals surface area contributed by atoms with Crippen molar-refractivity contribution in [3.63, 3.8) is 0 Å². The Morgan fingerprint density at radius 1 is 0.966 bits per heavy atom. The Morgan fingerprint density at radius 3 is 2.17 bits per heavy atom. The minimum atomic E-state index is -1.06. The summed E-state index contributed by atoms with van der Waals surface area (Å²) < 4.78 is 19.8. The van der Waals surface area contributed by atoms with E-state index in [1.54, 1.807) is 72.8 Å². The molecule has 0 bridgehead atoms. The molecule has 0 unspecified atom stereocenters. The zero-order valence-electron chi connectivity index (χ0n) is 15.9. The molecule has 0 aromatic heterocycles. The summed E-state index contributed by atoms with van der Waals surface area (Å²) in [5, 5.41) is 0. The molecule has 3 aromatic rings. The van der Waals surface area contributed by atoms with Crippen molar-refractivity contribution in [2.75, 3.05) is 7.11 Å². The smallest absolute Gasteiger partial charge is 0.255 e. The van der Waals surface area contributed by atoms with Crippen molar-refractivity contribution in [3.8, 4) is 5.75 Å². The number of nitrogens with zero attached hydrogens (tertiary/aromatic N) is 1. The van der Waals surface area contributed by atoms with E-state index in [9.17, 15) is 14.0 Å². The van der Waals surface area contributed by atoms with Gasteiger partial charge in [-0.05, 0) is 23.8 Å². The largest absolute Gasteiger partial charge is 0.494 e. The van der Waals surface area contributed by atoms with Gasteiger partial charge in [-0.1, -0.05) is 60.7 Å². The normalized spacial score (nSPS) is 11.5. The van der Waals surface area contributed by atoms with Crippen molar-refractivity contribution in [1.82, 2.24) is 4.90 Å². The average molecular weight is 392 g/mol. The van der Waals surface area contributed by atoms with Crippen LogP contribution in [0.2, 0.25) is 0 Å². The van der Waals surface area contributed by atoms with Crippen LogP contribution >= 0.6 is 0 Å². The summed E-state index contributed by atoms with van der Waals surface area (Å²) in [5.41, 5.74) is 6.82. The molecule has 0 radical (unpaired) electrons. The van der Waals surface area contributed by atoms with Crippen LogP contribution in [-0.4, -0.2) is 23.8 Å². The van der Waals surface area contributed by atoms with Crippen LogP contribution in [0.25, 0.3) is 0 Å². The summed E-state index contributed by atoms with van der Waals surface area (Å²) in [6.07, 6.45) is 0. The molecule has 0 aliphatic heterocycles. The second-order valence-electron chi connectivity index (χ2n) is 6.45. The van der Waals surface area contributed by atoms with Gasteiger partial charge in [-0.15, -0.1) is 0 Å². The second kappa shape index (κ2) is 9.01. The molecule has 2 amide bonds. The third-order valence-corrected chi connectivity index (χ3v) is 4.58. The molecular formula is C23H21FN2O3. The van der Waals surface area contributed by atoms with Gasteiger partial charge in [-0.3, -0.25) is 9.59 Å². The van der Waals surface area contributed by atoms with Crippen molar-refractivity contribution in [3.05, 3.63) is 101 Å². The molecule has 2 N–H and O–H groups in total. The van der Waals surface area contributed by atoms with Gasteiger partial charge in [0.25, 0.3) is 5.91 Å². The molecule has 0 heterocycles. The van der Waals surface area contributed by atoms with Gasteiger partial charge in [-0.2, -0.15) is 0 Å². The SMILES string of the molecule is COc1cccc(CN(C(=O)c2ccccc2)[C@@H](C(N)=O)c2ccccc2)c1F. The van der Waals surface area contributed by atoms with Gasteiger partial charge in [0, 0.05) is 11.1 Å². The van der Waals surface area contributed by atoms with E-state index in [2.05, 4.69) is 0 Å². The second-order valence-corrected chi connectivity index (χ2v) is 6.45. The predicted molar refractivity (Wildman–Crippen MR) is 108 cm³/mol. The Kier molecular flexibility index (Phi) is 6.24. The monoisotopic (exact) mass is 392 g/mol. The maximum Gasteiger partial charge on any atom is 0.255 e. The highest BCUT2D eigenvalue weighted by Crippen LogP contribution is 2.28. The number of nitrogens with two attached hydrogens (primary N) is 1. The van der Waals surface area contributed by atoms with Crippen LogP contribution in [0.1, 0.15) is 27.5 Å². The Balaban J connectivity index is 2.09. The van der Waals surface area contributed by atoms with Gasteiger partial charge < -0.3 is 15.4 Å². The standard InChI is InChI=1S/C23H21FN2O3/c1-29-19-14-8-13-18(20(19)24)15-26(23(28)17-11-6-3-7-12-17)21(22(25)27)16-9-4-2-5-10-16/h2-14,21H,15H2,1H3,(H2,25,27)/t21-/m1/s1. The molecule has 0 aliphatic carbocycles. The summed E-state index contributed by atoms with van der Waals surface area (Å²) in [5.74, 6) is -1.66. The van der Waals surface area contributed by atoms with E-state index in [0.29, 0.717) is 11.1 Å². The van der Waals surface area contributed by atoms with Crippen LogP contribution in [-0.2, 0) is 11.3 Å². The van der Waals surface area contributed by atoms with Crippen LogP contribution in [0, 0.1) is 5.82 Å². The van der Waals surface area contributed by atoms with E-state index >= 15 is 0 Å². The molecule has 0 saturated carbocycles. The lowest BCUT2D eigenvalue weighted by atomic mass is 10.0. The first-order chi connectivity index (χ1) is 14.0. The first-order valence-electron chi connectivity index (χ1n) is 9.04. The minimum absolute atomic E-state index is 0.0601. The summed E-state index contributed by atoms with van der Waals surface area (Å²) in [6, 6.07) is 20.8. The lowest BCUT2D eigenvalue weighted by Crippen LogP contribution is -2.41. The van der Waals surface area contributed by atoms with Crippen molar-refractivity contribution < 1.29 is 18.7 Å². The van der Waals surface area contributed by atoms with Gasteiger partial charge in [-0.25, -0.2) is 4.39 Å². The van der Waals surface area contributed by atoms with Crippen LogP contribution in [0.15, 0.2) is 78.9 Å². The Labute approximate surface area is 168 Å². The third-order valence-electron chi connectivity index (χ3n) is 4.58. The van der Waals surface area contributed by atoms with Crippen LogP contribution in [0.5, 0.6) is 5.75 Å². The first kappa shape index (κ1) is 20.1. The number of amides is 2. The van der Waals surface area contributed by atoms with Gasteiger partial charge in [0.05, 0.1) is 13.7 Å².